The summed E-state index contributed by atoms with van der Waals surface area (Å²) in [5, 5.41) is 0. The van der Waals surface area contributed by atoms with Crippen molar-refractivity contribution in [2.45, 2.75) is 39.4 Å². The number of morpholine rings is 1. The van der Waals surface area contributed by atoms with Gasteiger partial charge in [-0.2, -0.15) is 0 Å². The first kappa shape index (κ1) is 23.4. The first-order valence-corrected chi connectivity index (χ1v) is 12.1. The summed E-state index contributed by atoms with van der Waals surface area (Å²) in [6.45, 7) is 8.73. The fourth-order valence-electron chi connectivity index (χ4n) is 4.33. The topological polar surface area (TPSA) is 77.3 Å². The van der Waals surface area contributed by atoms with Gasteiger partial charge in [0.2, 0.25) is 12.7 Å². The van der Waals surface area contributed by atoms with E-state index in [2.05, 4.69) is 48.0 Å². The zero-order valence-corrected chi connectivity index (χ0v) is 20.2. The molecule has 5 rings (SSSR count). The maximum absolute atomic E-state index is 12.8. The van der Waals surface area contributed by atoms with Gasteiger partial charge in [-0.3, -0.25) is 9.69 Å². The van der Waals surface area contributed by atoms with Gasteiger partial charge in [-0.15, -0.1) is 0 Å². The lowest BCUT2D eigenvalue weighted by atomic mass is 10.0. The fourth-order valence-corrected chi connectivity index (χ4v) is 4.33. The standard InChI is InChI=1S/C27H31N3O5/c1-19(2)22-6-3-20(4-7-22)14-29(15-21-5-8-24-25(13-21)35-18-34-24)16-26-28-23(17-33-26)27(31)30-9-11-32-12-10-30/h3-8,13,17,19H,9-12,14-16,18H2,1-2H3. The Balaban J connectivity index is 1.32. The van der Waals surface area contributed by atoms with Gasteiger partial charge in [-0.25, -0.2) is 4.98 Å². The predicted molar refractivity (Wildman–Crippen MR) is 129 cm³/mol. The van der Waals surface area contributed by atoms with Gasteiger partial charge >= 0.3 is 0 Å². The van der Waals surface area contributed by atoms with Crippen LogP contribution >= 0.6 is 0 Å². The second-order valence-electron chi connectivity index (χ2n) is 9.26. The summed E-state index contributed by atoms with van der Waals surface area (Å²) in [6.07, 6.45) is 1.46. The van der Waals surface area contributed by atoms with Gasteiger partial charge in [0.25, 0.3) is 5.91 Å². The summed E-state index contributed by atoms with van der Waals surface area (Å²) in [5.74, 6) is 2.42. The SMILES string of the molecule is CC(C)c1ccc(CN(Cc2ccc3c(c2)OCO3)Cc2nc(C(=O)N3CCOCC3)co2)cc1. The van der Waals surface area contributed by atoms with Crippen molar-refractivity contribution in [1.82, 2.24) is 14.8 Å². The van der Waals surface area contributed by atoms with Crippen LogP contribution in [0, 0.1) is 0 Å². The minimum atomic E-state index is -0.116. The van der Waals surface area contributed by atoms with E-state index in [0.717, 1.165) is 17.1 Å². The van der Waals surface area contributed by atoms with Crippen LogP contribution < -0.4 is 9.47 Å². The van der Waals surface area contributed by atoms with Crippen LogP contribution in [0.5, 0.6) is 11.5 Å². The molecule has 0 atom stereocenters. The van der Waals surface area contributed by atoms with Gasteiger partial charge in [-0.1, -0.05) is 44.2 Å². The van der Waals surface area contributed by atoms with Gasteiger partial charge in [0, 0.05) is 26.2 Å². The van der Waals surface area contributed by atoms with Gasteiger partial charge in [-0.05, 0) is 34.7 Å². The summed E-state index contributed by atoms with van der Waals surface area (Å²) in [4.78, 5) is 21.3. The second-order valence-corrected chi connectivity index (χ2v) is 9.26. The third kappa shape index (κ3) is 5.66. The molecule has 0 bridgehead atoms. The third-order valence-electron chi connectivity index (χ3n) is 6.32. The molecule has 2 aromatic carbocycles. The molecule has 8 heteroatoms. The van der Waals surface area contributed by atoms with Crippen molar-refractivity contribution in [2.75, 3.05) is 33.1 Å². The smallest absolute Gasteiger partial charge is 0.275 e. The number of aromatic nitrogens is 1. The Hall–Kier alpha value is -3.36. The molecule has 1 saturated heterocycles. The van der Waals surface area contributed by atoms with Gasteiger partial charge in [0.1, 0.15) is 6.26 Å². The van der Waals surface area contributed by atoms with Crippen molar-refractivity contribution < 1.29 is 23.4 Å². The Morgan fingerprint density at radius 3 is 2.46 bits per heavy atom. The Bertz CT molecular complexity index is 1150. The number of rotatable bonds is 8. The lowest BCUT2D eigenvalue weighted by Gasteiger charge is -2.25. The summed E-state index contributed by atoms with van der Waals surface area (Å²) >= 11 is 0. The number of nitrogens with zero attached hydrogens (tertiary/aromatic N) is 3. The largest absolute Gasteiger partial charge is 0.454 e. The Morgan fingerprint density at radius 1 is 0.971 bits per heavy atom. The second kappa shape index (κ2) is 10.5. The van der Waals surface area contributed by atoms with Gasteiger partial charge in [0.05, 0.1) is 19.8 Å². The van der Waals surface area contributed by atoms with Crippen molar-refractivity contribution in [2.24, 2.45) is 0 Å². The molecular formula is C27H31N3O5. The van der Waals surface area contributed by atoms with Crippen molar-refractivity contribution in [3.8, 4) is 11.5 Å². The van der Waals surface area contributed by atoms with Gasteiger partial charge < -0.3 is 23.5 Å². The summed E-state index contributed by atoms with van der Waals surface area (Å²) in [6, 6.07) is 14.7. The van der Waals surface area contributed by atoms with Crippen LogP contribution in [-0.2, 0) is 24.4 Å². The highest BCUT2D eigenvalue weighted by molar-refractivity contribution is 5.92. The number of carbonyl (C=O) groups is 1. The molecule has 0 spiro atoms. The first-order chi connectivity index (χ1) is 17.0. The Labute approximate surface area is 205 Å². The van der Waals surface area contributed by atoms with E-state index in [9.17, 15) is 4.79 Å². The molecule has 2 aliphatic heterocycles. The van der Waals surface area contributed by atoms with Crippen molar-refractivity contribution in [3.05, 3.63) is 77.0 Å². The minimum Gasteiger partial charge on any atom is -0.454 e. The minimum absolute atomic E-state index is 0.116. The maximum Gasteiger partial charge on any atom is 0.275 e. The molecule has 2 aliphatic rings. The Kier molecular flexibility index (Phi) is 7.01. The predicted octanol–water partition coefficient (Wildman–Crippen LogP) is 4.20. The zero-order valence-electron chi connectivity index (χ0n) is 20.2. The van der Waals surface area contributed by atoms with Crippen LogP contribution in [0.3, 0.4) is 0 Å². The van der Waals surface area contributed by atoms with E-state index in [1.165, 1.54) is 17.4 Å². The van der Waals surface area contributed by atoms with E-state index in [0.29, 0.717) is 63.4 Å². The summed E-state index contributed by atoms with van der Waals surface area (Å²) in [5.41, 5.74) is 3.96. The number of carbonyl (C=O) groups excluding carboxylic acids is 1. The molecule has 3 aromatic rings. The van der Waals surface area contributed by atoms with Crippen molar-refractivity contribution >= 4 is 5.91 Å². The molecule has 1 fully saturated rings. The molecule has 184 valence electrons. The number of benzene rings is 2. The lowest BCUT2D eigenvalue weighted by molar-refractivity contribution is 0.0299. The maximum atomic E-state index is 12.8. The third-order valence-corrected chi connectivity index (χ3v) is 6.32. The van der Waals surface area contributed by atoms with Crippen LogP contribution in [0.15, 0.2) is 53.1 Å². The van der Waals surface area contributed by atoms with E-state index < -0.39 is 0 Å². The molecule has 0 N–H and O–H groups in total. The van der Waals surface area contributed by atoms with Gasteiger partial charge in [0.15, 0.2) is 17.2 Å². The molecule has 1 amide bonds. The monoisotopic (exact) mass is 477 g/mol. The van der Waals surface area contributed by atoms with Crippen LogP contribution in [0.1, 0.15) is 52.8 Å². The average Bonchev–Trinajstić information content (AvgIpc) is 3.54. The van der Waals surface area contributed by atoms with Crippen LogP contribution in [-0.4, -0.2) is 53.8 Å². The van der Waals surface area contributed by atoms with E-state index in [1.807, 2.05) is 18.2 Å². The molecule has 35 heavy (non-hydrogen) atoms. The van der Waals surface area contributed by atoms with Crippen LogP contribution in [0.4, 0.5) is 0 Å². The highest BCUT2D eigenvalue weighted by Gasteiger charge is 2.23. The zero-order chi connectivity index (χ0) is 24.2. The van der Waals surface area contributed by atoms with E-state index in [1.54, 1.807) is 4.90 Å². The fraction of sp³-hybridized carbons (Fsp3) is 0.407. The number of oxazole rings is 1. The lowest BCUT2D eigenvalue weighted by Crippen LogP contribution is -2.40. The van der Waals surface area contributed by atoms with Crippen molar-refractivity contribution in [1.29, 1.82) is 0 Å². The number of hydrogen-bond donors (Lipinski definition) is 0. The molecule has 3 heterocycles. The number of hydrogen-bond acceptors (Lipinski definition) is 7. The summed E-state index contributed by atoms with van der Waals surface area (Å²) < 4.78 is 22.1. The van der Waals surface area contributed by atoms with E-state index in [4.69, 9.17) is 18.6 Å². The molecule has 0 aliphatic carbocycles. The highest BCUT2D eigenvalue weighted by atomic mass is 16.7. The molecule has 0 unspecified atom stereocenters. The normalized spacial score (nSPS) is 15.3. The number of amides is 1. The molecule has 0 radical (unpaired) electrons. The van der Waals surface area contributed by atoms with E-state index in [-0.39, 0.29) is 12.7 Å². The molecule has 0 saturated carbocycles. The average molecular weight is 478 g/mol. The van der Waals surface area contributed by atoms with Crippen LogP contribution in [0.2, 0.25) is 0 Å². The molecule has 8 nitrogen and oxygen atoms in total. The molecule has 1 aromatic heterocycles. The quantitative estimate of drug-likeness (QED) is 0.481. The van der Waals surface area contributed by atoms with Crippen molar-refractivity contribution in [3.63, 3.8) is 0 Å². The Morgan fingerprint density at radius 2 is 1.69 bits per heavy atom. The molecular weight excluding hydrogens is 446 g/mol. The van der Waals surface area contributed by atoms with Crippen LogP contribution in [0.25, 0.3) is 0 Å². The summed E-state index contributed by atoms with van der Waals surface area (Å²) in [7, 11) is 0. The number of ether oxygens (including phenoxy) is 3. The first-order valence-electron chi connectivity index (χ1n) is 12.1. The number of fused-ring (bicyclic) bond motifs is 1. The van der Waals surface area contributed by atoms with E-state index >= 15 is 0 Å². The highest BCUT2D eigenvalue weighted by Crippen LogP contribution is 2.33.